The molecular formula is C25H27N5O3. The molecule has 2 N–H and O–H groups in total. The van der Waals surface area contributed by atoms with E-state index in [1.807, 2.05) is 18.2 Å². The largest absolute Gasteiger partial charge is 0.352 e. The van der Waals surface area contributed by atoms with E-state index in [0.717, 1.165) is 37.6 Å². The van der Waals surface area contributed by atoms with E-state index in [1.54, 1.807) is 43.3 Å². The standard InChI is InChI=1S/C25H27N5O3/c1-29(2)23(33)18-9-6-10-19-20(18)30-24(27-19)28-22(32)17-8-5-7-16(15-17)21(31)26-14-4-3-11-25(30)12-13-25/h5-10,15H,3-4,11-14H2,1-2H3,(H,26,31)(H,27,28,32). The lowest BCUT2D eigenvalue weighted by molar-refractivity contribution is 0.0828. The van der Waals surface area contributed by atoms with E-state index in [9.17, 15) is 14.4 Å². The molecule has 0 unspecified atom stereocenters. The highest BCUT2D eigenvalue weighted by molar-refractivity contribution is 6.08. The topological polar surface area (TPSA) is 96.3 Å². The molecular weight excluding hydrogens is 418 g/mol. The Labute approximate surface area is 192 Å². The van der Waals surface area contributed by atoms with E-state index in [2.05, 4.69) is 15.2 Å². The highest BCUT2D eigenvalue weighted by atomic mass is 16.2. The molecule has 1 aliphatic heterocycles. The second-order valence-corrected chi connectivity index (χ2v) is 9.12. The summed E-state index contributed by atoms with van der Waals surface area (Å²) < 4.78 is 2.09. The molecule has 0 saturated heterocycles. The normalized spacial score (nSPS) is 17.6. The van der Waals surface area contributed by atoms with Crippen LogP contribution < -0.4 is 10.6 Å². The molecule has 170 valence electrons. The van der Waals surface area contributed by atoms with Crippen molar-refractivity contribution in [2.24, 2.45) is 0 Å². The Morgan fingerprint density at radius 1 is 1.00 bits per heavy atom. The number of rotatable bonds is 1. The van der Waals surface area contributed by atoms with Crippen molar-refractivity contribution in [2.45, 2.75) is 37.6 Å². The van der Waals surface area contributed by atoms with Crippen LogP contribution in [0, 0.1) is 0 Å². The number of anilines is 1. The summed E-state index contributed by atoms with van der Waals surface area (Å²) in [7, 11) is 3.47. The van der Waals surface area contributed by atoms with Crippen LogP contribution in [0.1, 0.15) is 63.2 Å². The van der Waals surface area contributed by atoms with E-state index < -0.39 is 0 Å². The summed E-state index contributed by atoms with van der Waals surface area (Å²) in [5, 5.41) is 5.92. The predicted octanol–water partition coefficient (Wildman–Crippen LogP) is 3.39. The van der Waals surface area contributed by atoms with Gasteiger partial charge in [-0.25, -0.2) is 4.98 Å². The molecule has 3 amide bonds. The van der Waals surface area contributed by atoms with Crippen molar-refractivity contribution in [3.63, 3.8) is 0 Å². The Morgan fingerprint density at radius 2 is 1.73 bits per heavy atom. The van der Waals surface area contributed by atoms with Crippen molar-refractivity contribution in [1.29, 1.82) is 0 Å². The molecule has 2 heterocycles. The van der Waals surface area contributed by atoms with E-state index in [-0.39, 0.29) is 23.3 Å². The molecule has 3 aromatic rings. The third-order valence-corrected chi connectivity index (χ3v) is 6.58. The van der Waals surface area contributed by atoms with Gasteiger partial charge in [0.05, 0.1) is 16.6 Å². The first-order valence-electron chi connectivity index (χ1n) is 11.3. The van der Waals surface area contributed by atoms with Crippen LogP contribution in [0.5, 0.6) is 0 Å². The molecule has 5 rings (SSSR count). The summed E-state index contributed by atoms with van der Waals surface area (Å²) in [4.78, 5) is 45.0. The lowest BCUT2D eigenvalue weighted by Gasteiger charge is -2.23. The zero-order valence-corrected chi connectivity index (χ0v) is 18.9. The zero-order chi connectivity index (χ0) is 23.2. The maximum atomic E-state index is 13.2. The molecule has 8 nitrogen and oxygen atoms in total. The van der Waals surface area contributed by atoms with Crippen LogP contribution in [0.2, 0.25) is 0 Å². The molecule has 1 aromatic heterocycles. The maximum Gasteiger partial charge on any atom is 0.257 e. The van der Waals surface area contributed by atoms with Crippen LogP contribution in [0.4, 0.5) is 5.95 Å². The second kappa shape index (κ2) is 8.03. The summed E-state index contributed by atoms with van der Waals surface area (Å²) in [6.07, 6.45) is 4.55. The third-order valence-electron chi connectivity index (χ3n) is 6.58. The fraction of sp³-hybridized carbons (Fsp3) is 0.360. The molecule has 2 bridgehead atoms. The summed E-state index contributed by atoms with van der Waals surface area (Å²) in [5.41, 5.74) is 2.65. The van der Waals surface area contributed by atoms with Gasteiger partial charge in [-0.15, -0.1) is 0 Å². The van der Waals surface area contributed by atoms with E-state index in [0.29, 0.717) is 34.7 Å². The number of nitrogens with zero attached hydrogens (tertiary/aromatic N) is 3. The van der Waals surface area contributed by atoms with Crippen LogP contribution in [-0.2, 0) is 5.54 Å². The Bertz CT molecular complexity index is 1270. The summed E-state index contributed by atoms with van der Waals surface area (Å²) in [5.74, 6) is -0.171. The third kappa shape index (κ3) is 3.75. The van der Waals surface area contributed by atoms with Gasteiger partial charge in [0, 0.05) is 37.3 Å². The molecule has 8 heteroatoms. The van der Waals surface area contributed by atoms with Crippen molar-refractivity contribution in [3.05, 3.63) is 59.2 Å². The first-order valence-corrected chi connectivity index (χ1v) is 11.3. The van der Waals surface area contributed by atoms with Gasteiger partial charge in [-0.05, 0) is 62.4 Å². The molecule has 1 spiro atoms. The SMILES string of the molecule is CN(C)C(=O)c1cccc2nc3n(c12)C1(CCCCNC(=O)c2cccc(c2)C(=O)N3)CC1. The number of fused-ring (bicyclic) bond motifs is 6. The summed E-state index contributed by atoms with van der Waals surface area (Å²) in [6, 6.07) is 12.2. The van der Waals surface area contributed by atoms with Gasteiger partial charge >= 0.3 is 0 Å². The lowest BCUT2D eigenvalue weighted by atomic mass is 10.1. The van der Waals surface area contributed by atoms with Crippen molar-refractivity contribution in [2.75, 3.05) is 26.0 Å². The first kappa shape index (κ1) is 21.2. The van der Waals surface area contributed by atoms with Crippen LogP contribution in [0.25, 0.3) is 11.0 Å². The molecule has 1 fully saturated rings. The van der Waals surface area contributed by atoms with Gasteiger partial charge in [-0.3, -0.25) is 19.7 Å². The zero-order valence-electron chi connectivity index (χ0n) is 18.9. The number of nitrogens with one attached hydrogen (secondary N) is 2. The van der Waals surface area contributed by atoms with Gasteiger partial charge in [-0.2, -0.15) is 0 Å². The van der Waals surface area contributed by atoms with Crippen molar-refractivity contribution in [1.82, 2.24) is 19.8 Å². The number of hydrogen-bond acceptors (Lipinski definition) is 4. The van der Waals surface area contributed by atoms with Crippen molar-refractivity contribution in [3.8, 4) is 0 Å². The highest BCUT2D eigenvalue weighted by Gasteiger charge is 2.47. The summed E-state index contributed by atoms with van der Waals surface area (Å²) in [6.45, 7) is 0.577. The number of benzene rings is 2. The van der Waals surface area contributed by atoms with Gasteiger partial charge in [0.25, 0.3) is 17.7 Å². The number of carbonyl (C=O) groups excluding carboxylic acids is 3. The van der Waals surface area contributed by atoms with Crippen molar-refractivity contribution < 1.29 is 14.4 Å². The number of para-hydroxylation sites is 1. The highest BCUT2D eigenvalue weighted by Crippen LogP contribution is 2.51. The maximum absolute atomic E-state index is 13.2. The molecule has 2 aromatic carbocycles. The molecule has 33 heavy (non-hydrogen) atoms. The van der Waals surface area contributed by atoms with Crippen LogP contribution in [-0.4, -0.2) is 52.8 Å². The number of aromatic nitrogens is 2. The number of carbonyl (C=O) groups is 3. The van der Waals surface area contributed by atoms with Crippen LogP contribution in [0.3, 0.4) is 0 Å². The fourth-order valence-corrected chi connectivity index (χ4v) is 4.67. The minimum atomic E-state index is -0.338. The van der Waals surface area contributed by atoms with Crippen molar-refractivity contribution >= 4 is 34.7 Å². The average Bonchev–Trinajstić information content (AvgIpc) is 3.49. The van der Waals surface area contributed by atoms with E-state index in [1.165, 1.54) is 0 Å². The molecule has 0 atom stereocenters. The lowest BCUT2D eigenvalue weighted by Crippen LogP contribution is -2.28. The number of amides is 3. The minimum Gasteiger partial charge on any atom is -0.352 e. The van der Waals surface area contributed by atoms with Gasteiger partial charge < -0.3 is 14.8 Å². The summed E-state index contributed by atoms with van der Waals surface area (Å²) >= 11 is 0. The van der Waals surface area contributed by atoms with Gasteiger partial charge in [-0.1, -0.05) is 12.1 Å². The molecule has 1 saturated carbocycles. The minimum absolute atomic E-state index is 0.0970. The van der Waals surface area contributed by atoms with Gasteiger partial charge in [0.2, 0.25) is 5.95 Å². The Hall–Kier alpha value is -3.68. The number of hydrogen-bond donors (Lipinski definition) is 2. The molecule has 1 aliphatic carbocycles. The smallest absolute Gasteiger partial charge is 0.257 e. The van der Waals surface area contributed by atoms with E-state index in [4.69, 9.17) is 4.98 Å². The second-order valence-electron chi connectivity index (χ2n) is 9.12. The predicted molar refractivity (Wildman–Crippen MR) is 126 cm³/mol. The van der Waals surface area contributed by atoms with Crippen LogP contribution >= 0.6 is 0 Å². The Balaban J connectivity index is 1.67. The fourth-order valence-electron chi connectivity index (χ4n) is 4.67. The quantitative estimate of drug-likeness (QED) is 0.600. The Morgan fingerprint density at radius 3 is 2.45 bits per heavy atom. The van der Waals surface area contributed by atoms with Gasteiger partial charge in [0.15, 0.2) is 0 Å². The molecule has 2 aliphatic rings. The Kier molecular flexibility index (Phi) is 5.15. The first-order chi connectivity index (χ1) is 15.9. The average molecular weight is 446 g/mol. The molecule has 0 radical (unpaired) electrons. The number of imidazole rings is 1. The van der Waals surface area contributed by atoms with Crippen LogP contribution in [0.15, 0.2) is 42.5 Å². The van der Waals surface area contributed by atoms with E-state index >= 15 is 0 Å². The van der Waals surface area contributed by atoms with Gasteiger partial charge in [0.1, 0.15) is 0 Å². The monoisotopic (exact) mass is 445 g/mol.